The van der Waals surface area contributed by atoms with E-state index in [0.717, 1.165) is 18.5 Å². The van der Waals surface area contributed by atoms with Gasteiger partial charge in [0.2, 0.25) is 10.0 Å². The first-order valence-corrected chi connectivity index (χ1v) is 8.23. The lowest BCUT2D eigenvalue weighted by molar-refractivity contribution is 0.581. The van der Waals surface area contributed by atoms with Crippen LogP contribution in [-0.4, -0.2) is 24.4 Å². The molecule has 1 fully saturated rings. The molecule has 0 atom stereocenters. The molecule has 1 aromatic heterocycles. The van der Waals surface area contributed by atoms with Crippen LogP contribution in [0.2, 0.25) is 0 Å². The molecule has 3 rings (SSSR count). The van der Waals surface area contributed by atoms with E-state index in [4.69, 9.17) is 0 Å². The van der Waals surface area contributed by atoms with Crippen LogP contribution in [0.25, 0.3) is 0 Å². The maximum absolute atomic E-state index is 12.3. The topological polar surface area (TPSA) is 84.0 Å². The molecule has 1 saturated carbocycles. The maximum Gasteiger partial charge on any atom is 0.242 e. The van der Waals surface area contributed by atoms with E-state index in [1.807, 2.05) is 0 Å². The molecule has 2 aromatic rings. The van der Waals surface area contributed by atoms with Crippen molar-refractivity contribution in [1.29, 1.82) is 0 Å². The first kappa shape index (κ1) is 14.0. The number of hydrogen-bond donors (Lipinski definition) is 2. The second-order valence-electron chi connectivity index (χ2n) is 4.95. The molecule has 1 aliphatic rings. The van der Waals surface area contributed by atoms with Crippen LogP contribution in [0, 0.1) is 0 Å². The number of rotatable bonds is 6. The molecule has 0 aliphatic heterocycles. The standard InChI is InChI=1S/C14H16N4O2S/c19-21(20,18-11-5-6-11)14-4-2-1-3-13(14)16-9-12-7-8-15-10-17-12/h1-4,7-8,10-11,16,18H,5-6,9H2. The van der Waals surface area contributed by atoms with Crippen molar-refractivity contribution in [3.05, 3.63) is 48.5 Å². The Morgan fingerprint density at radius 2 is 2.00 bits per heavy atom. The van der Waals surface area contributed by atoms with Crippen molar-refractivity contribution in [2.45, 2.75) is 30.3 Å². The summed E-state index contributed by atoms with van der Waals surface area (Å²) in [4.78, 5) is 8.23. The fraction of sp³-hybridized carbons (Fsp3) is 0.286. The van der Waals surface area contributed by atoms with E-state index in [1.165, 1.54) is 6.33 Å². The molecule has 6 nitrogen and oxygen atoms in total. The molecule has 21 heavy (non-hydrogen) atoms. The van der Waals surface area contributed by atoms with Crippen LogP contribution in [0.4, 0.5) is 5.69 Å². The number of sulfonamides is 1. The van der Waals surface area contributed by atoms with Crippen molar-refractivity contribution in [1.82, 2.24) is 14.7 Å². The van der Waals surface area contributed by atoms with E-state index >= 15 is 0 Å². The van der Waals surface area contributed by atoms with Crippen LogP contribution in [0.1, 0.15) is 18.5 Å². The van der Waals surface area contributed by atoms with Crippen LogP contribution in [0.5, 0.6) is 0 Å². The van der Waals surface area contributed by atoms with Crippen LogP contribution in [0.15, 0.2) is 47.8 Å². The molecule has 1 aliphatic carbocycles. The van der Waals surface area contributed by atoms with Crippen LogP contribution >= 0.6 is 0 Å². The van der Waals surface area contributed by atoms with Crippen molar-refractivity contribution in [3.8, 4) is 0 Å². The third-order valence-corrected chi connectivity index (χ3v) is 4.76. The Labute approximate surface area is 123 Å². The van der Waals surface area contributed by atoms with E-state index in [1.54, 1.807) is 36.5 Å². The molecule has 110 valence electrons. The van der Waals surface area contributed by atoms with E-state index in [2.05, 4.69) is 20.0 Å². The Bertz CT molecular complexity index is 715. The Balaban J connectivity index is 1.79. The second kappa shape index (κ2) is 5.79. The van der Waals surface area contributed by atoms with Gasteiger partial charge in [0.1, 0.15) is 11.2 Å². The Morgan fingerprint density at radius 3 is 2.71 bits per heavy atom. The fourth-order valence-electron chi connectivity index (χ4n) is 1.94. The number of benzene rings is 1. The summed E-state index contributed by atoms with van der Waals surface area (Å²) >= 11 is 0. The number of nitrogens with one attached hydrogen (secondary N) is 2. The van der Waals surface area contributed by atoms with Crippen molar-refractivity contribution in [2.24, 2.45) is 0 Å². The molecular weight excluding hydrogens is 288 g/mol. The number of aromatic nitrogens is 2. The predicted octanol–water partition coefficient (Wildman–Crippen LogP) is 1.53. The summed E-state index contributed by atoms with van der Waals surface area (Å²) in [5.74, 6) is 0. The SMILES string of the molecule is O=S(=O)(NC1CC1)c1ccccc1NCc1ccncn1. The quantitative estimate of drug-likeness (QED) is 0.845. The van der Waals surface area contributed by atoms with E-state index in [9.17, 15) is 8.42 Å². The Morgan fingerprint density at radius 1 is 1.19 bits per heavy atom. The molecular formula is C14H16N4O2S. The molecule has 1 aromatic carbocycles. The smallest absolute Gasteiger partial charge is 0.242 e. The van der Waals surface area contributed by atoms with Crippen molar-refractivity contribution in [3.63, 3.8) is 0 Å². The van der Waals surface area contributed by atoms with Gasteiger partial charge in [0, 0.05) is 12.2 Å². The van der Waals surface area contributed by atoms with Gasteiger partial charge in [-0.3, -0.25) is 0 Å². The average Bonchev–Trinajstić information content (AvgIpc) is 3.30. The largest absolute Gasteiger partial charge is 0.378 e. The number of para-hydroxylation sites is 1. The summed E-state index contributed by atoms with van der Waals surface area (Å²) in [6.45, 7) is 0.443. The zero-order valence-corrected chi connectivity index (χ0v) is 12.2. The van der Waals surface area contributed by atoms with Gasteiger partial charge in [-0.15, -0.1) is 0 Å². The van der Waals surface area contributed by atoms with E-state index in [-0.39, 0.29) is 10.9 Å². The van der Waals surface area contributed by atoms with Gasteiger partial charge in [0.15, 0.2) is 0 Å². The van der Waals surface area contributed by atoms with E-state index in [0.29, 0.717) is 12.2 Å². The van der Waals surface area contributed by atoms with Gasteiger partial charge in [-0.1, -0.05) is 12.1 Å². The summed E-state index contributed by atoms with van der Waals surface area (Å²) in [6, 6.07) is 8.75. The predicted molar refractivity (Wildman–Crippen MR) is 79.1 cm³/mol. The molecule has 0 radical (unpaired) electrons. The van der Waals surface area contributed by atoms with Gasteiger partial charge < -0.3 is 5.32 Å². The molecule has 7 heteroatoms. The average molecular weight is 304 g/mol. The lowest BCUT2D eigenvalue weighted by Crippen LogP contribution is -2.26. The minimum absolute atomic E-state index is 0.0879. The summed E-state index contributed by atoms with van der Waals surface area (Å²) in [5, 5.41) is 3.12. The van der Waals surface area contributed by atoms with Crippen LogP contribution in [0.3, 0.4) is 0 Å². The van der Waals surface area contributed by atoms with Crippen LogP contribution < -0.4 is 10.0 Å². The zero-order valence-electron chi connectivity index (χ0n) is 11.4. The highest BCUT2D eigenvalue weighted by atomic mass is 32.2. The molecule has 0 amide bonds. The fourth-order valence-corrected chi connectivity index (χ4v) is 3.43. The summed E-state index contributed by atoms with van der Waals surface area (Å²) < 4.78 is 27.4. The number of hydrogen-bond acceptors (Lipinski definition) is 5. The summed E-state index contributed by atoms with van der Waals surface area (Å²) in [6.07, 6.45) is 4.95. The van der Waals surface area contributed by atoms with Gasteiger partial charge in [-0.25, -0.2) is 23.1 Å². The highest BCUT2D eigenvalue weighted by Gasteiger charge is 2.29. The molecule has 1 heterocycles. The van der Waals surface area contributed by atoms with E-state index < -0.39 is 10.0 Å². The zero-order chi connectivity index (χ0) is 14.7. The lowest BCUT2D eigenvalue weighted by atomic mass is 10.3. The Hall–Kier alpha value is -1.99. The van der Waals surface area contributed by atoms with Gasteiger partial charge >= 0.3 is 0 Å². The molecule has 0 saturated heterocycles. The maximum atomic E-state index is 12.3. The third kappa shape index (κ3) is 3.56. The molecule has 0 bridgehead atoms. The minimum Gasteiger partial charge on any atom is -0.378 e. The first-order chi connectivity index (χ1) is 10.1. The number of anilines is 1. The first-order valence-electron chi connectivity index (χ1n) is 6.75. The minimum atomic E-state index is -3.48. The highest BCUT2D eigenvalue weighted by Crippen LogP contribution is 2.26. The summed E-state index contributed by atoms with van der Waals surface area (Å²) in [5.41, 5.74) is 1.37. The molecule has 0 unspecified atom stereocenters. The lowest BCUT2D eigenvalue weighted by Gasteiger charge is -2.12. The van der Waals surface area contributed by atoms with Crippen molar-refractivity contribution in [2.75, 3.05) is 5.32 Å². The molecule has 0 spiro atoms. The van der Waals surface area contributed by atoms with Crippen LogP contribution in [-0.2, 0) is 16.6 Å². The summed E-state index contributed by atoms with van der Waals surface area (Å²) in [7, 11) is -3.48. The monoisotopic (exact) mass is 304 g/mol. The number of nitrogens with zero attached hydrogens (tertiary/aromatic N) is 2. The van der Waals surface area contributed by atoms with Gasteiger partial charge in [0.25, 0.3) is 0 Å². The third-order valence-electron chi connectivity index (χ3n) is 3.18. The van der Waals surface area contributed by atoms with Gasteiger partial charge in [-0.2, -0.15) is 0 Å². The highest BCUT2D eigenvalue weighted by molar-refractivity contribution is 7.89. The normalized spacial score (nSPS) is 14.9. The second-order valence-corrected chi connectivity index (χ2v) is 6.63. The molecule has 2 N–H and O–H groups in total. The van der Waals surface area contributed by atoms with Crippen molar-refractivity contribution >= 4 is 15.7 Å². The Kier molecular flexibility index (Phi) is 3.85. The van der Waals surface area contributed by atoms with Gasteiger partial charge in [-0.05, 0) is 31.0 Å². The van der Waals surface area contributed by atoms with Gasteiger partial charge in [0.05, 0.1) is 17.9 Å². The van der Waals surface area contributed by atoms with Crippen molar-refractivity contribution < 1.29 is 8.42 Å².